The van der Waals surface area contributed by atoms with Gasteiger partial charge in [-0.3, -0.25) is 0 Å². The maximum Gasteiger partial charge on any atom is 0.416 e. The highest BCUT2D eigenvalue weighted by molar-refractivity contribution is 7.98. The van der Waals surface area contributed by atoms with Crippen LogP contribution in [0, 0.1) is 0 Å². The average Bonchev–Trinajstić information content (AvgIpc) is 3.38. The second-order valence-electron chi connectivity index (χ2n) is 6.22. The number of alkyl halides is 3. The van der Waals surface area contributed by atoms with E-state index in [-0.39, 0.29) is 5.75 Å². The Morgan fingerprint density at radius 3 is 2.48 bits per heavy atom. The zero-order valence-corrected chi connectivity index (χ0v) is 16.8. The van der Waals surface area contributed by atoms with Crippen LogP contribution in [0.2, 0.25) is 0 Å². The summed E-state index contributed by atoms with van der Waals surface area (Å²) in [7, 11) is 1.55. The highest BCUT2D eigenvalue weighted by Gasteiger charge is 2.30. The van der Waals surface area contributed by atoms with Gasteiger partial charge in [-0.15, -0.1) is 15.3 Å². The van der Waals surface area contributed by atoms with E-state index in [0.29, 0.717) is 33.8 Å². The molecule has 2 heterocycles. The van der Waals surface area contributed by atoms with Gasteiger partial charge < -0.3 is 10.6 Å². The number of methoxy groups -OCH3 is 1. The van der Waals surface area contributed by atoms with Crippen molar-refractivity contribution in [3.8, 4) is 22.8 Å². The Morgan fingerprint density at radius 2 is 1.77 bits per heavy atom. The molecule has 4 aromatic rings. The van der Waals surface area contributed by atoms with Crippen LogP contribution >= 0.6 is 11.8 Å². The van der Waals surface area contributed by atoms with E-state index in [0.717, 1.165) is 12.1 Å². The second kappa shape index (κ2) is 8.26. The molecule has 9 nitrogen and oxygen atoms in total. The Labute approximate surface area is 178 Å². The van der Waals surface area contributed by atoms with Crippen LogP contribution in [0.4, 0.5) is 13.2 Å². The third kappa shape index (κ3) is 4.17. The molecule has 4 rings (SSSR count). The van der Waals surface area contributed by atoms with Crippen molar-refractivity contribution in [2.45, 2.75) is 17.1 Å². The van der Waals surface area contributed by atoms with Gasteiger partial charge in [0.1, 0.15) is 5.75 Å². The Hall–Kier alpha value is -3.61. The quantitative estimate of drug-likeness (QED) is 0.354. The molecule has 2 aromatic carbocycles. The highest BCUT2D eigenvalue weighted by atomic mass is 32.2. The van der Waals surface area contributed by atoms with E-state index in [1.807, 2.05) is 18.2 Å². The maximum atomic E-state index is 12.8. The molecule has 0 amide bonds. The molecular formula is C18H15F3N8OS. The number of nitrogen functional groups attached to an aromatic ring is 1. The Morgan fingerprint density at radius 1 is 1.03 bits per heavy atom. The first kappa shape index (κ1) is 20.7. The highest BCUT2D eigenvalue weighted by Crippen LogP contribution is 2.31. The summed E-state index contributed by atoms with van der Waals surface area (Å²) in [6.45, 7) is 0. The Kier molecular flexibility index (Phi) is 5.50. The van der Waals surface area contributed by atoms with Crippen molar-refractivity contribution in [2.75, 3.05) is 13.0 Å². The molecule has 2 N–H and O–H groups in total. The van der Waals surface area contributed by atoms with Gasteiger partial charge in [0, 0.05) is 0 Å². The standard InChI is InChI=1S/C18H15F3N8OS/c1-30-14-5-3-2-4-13(14)16-24-25-17(28(16)22)31-10-15-23-26-27-29(15)12-8-6-11(7-9-12)18(19,20)21/h2-9H,10,22H2,1H3. The number of nitrogens with two attached hydrogens (primary N) is 1. The molecule has 0 atom stereocenters. The van der Waals surface area contributed by atoms with Crippen molar-refractivity contribution >= 4 is 11.8 Å². The SMILES string of the molecule is COc1ccccc1-c1nnc(SCc2nnnn2-c2ccc(C(F)(F)F)cc2)n1N. The van der Waals surface area contributed by atoms with E-state index < -0.39 is 11.7 Å². The second-order valence-corrected chi connectivity index (χ2v) is 7.16. The van der Waals surface area contributed by atoms with Gasteiger partial charge in [0.05, 0.1) is 29.7 Å². The fraction of sp³-hybridized carbons (Fsp3) is 0.167. The molecule has 160 valence electrons. The molecule has 0 saturated heterocycles. The van der Waals surface area contributed by atoms with Gasteiger partial charge >= 0.3 is 6.18 Å². The molecule has 2 aromatic heterocycles. The van der Waals surface area contributed by atoms with Crippen molar-refractivity contribution in [3.63, 3.8) is 0 Å². The first-order chi connectivity index (χ1) is 14.9. The number of benzene rings is 2. The lowest BCUT2D eigenvalue weighted by Gasteiger charge is -2.09. The normalized spacial score (nSPS) is 11.6. The third-order valence-corrected chi connectivity index (χ3v) is 5.26. The van der Waals surface area contributed by atoms with Crippen LogP contribution in [-0.4, -0.2) is 42.2 Å². The molecule has 13 heteroatoms. The number of hydrogen-bond acceptors (Lipinski definition) is 8. The number of hydrogen-bond donors (Lipinski definition) is 1. The van der Waals surface area contributed by atoms with Crippen LogP contribution in [-0.2, 0) is 11.9 Å². The molecule has 0 aliphatic carbocycles. The van der Waals surface area contributed by atoms with Crippen molar-refractivity contribution < 1.29 is 17.9 Å². The molecule has 31 heavy (non-hydrogen) atoms. The smallest absolute Gasteiger partial charge is 0.416 e. The fourth-order valence-corrected chi connectivity index (χ4v) is 3.57. The molecule has 0 aliphatic heterocycles. The third-order valence-electron chi connectivity index (χ3n) is 4.32. The number of thioether (sulfide) groups is 1. The van der Waals surface area contributed by atoms with Gasteiger partial charge in [-0.25, -0.2) is 4.68 Å². The zero-order chi connectivity index (χ0) is 22.0. The zero-order valence-electron chi connectivity index (χ0n) is 16.0. The fourth-order valence-electron chi connectivity index (χ4n) is 2.81. The topological polar surface area (TPSA) is 110 Å². The summed E-state index contributed by atoms with van der Waals surface area (Å²) in [6.07, 6.45) is -4.41. The van der Waals surface area contributed by atoms with Crippen molar-refractivity contribution in [1.29, 1.82) is 0 Å². The van der Waals surface area contributed by atoms with E-state index in [9.17, 15) is 13.2 Å². The van der Waals surface area contributed by atoms with Crippen molar-refractivity contribution in [3.05, 3.63) is 59.9 Å². The van der Waals surface area contributed by atoms with Crippen LogP contribution in [0.15, 0.2) is 53.7 Å². The van der Waals surface area contributed by atoms with E-state index >= 15 is 0 Å². The number of ether oxygens (including phenoxy) is 1. The monoisotopic (exact) mass is 448 g/mol. The number of tetrazole rings is 1. The van der Waals surface area contributed by atoms with Gasteiger partial charge in [-0.05, 0) is 46.8 Å². The molecule has 0 bridgehead atoms. The van der Waals surface area contributed by atoms with Crippen LogP contribution in [0.25, 0.3) is 17.1 Å². The molecule has 0 saturated carbocycles. The largest absolute Gasteiger partial charge is 0.496 e. The molecular weight excluding hydrogens is 433 g/mol. The summed E-state index contributed by atoms with van der Waals surface area (Å²) in [5.41, 5.74) is 0.333. The lowest BCUT2D eigenvalue weighted by molar-refractivity contribution is -0.137. The predicted molar refractivity (Wildman–Crippen MR) is 106 cm³/mol. The summed E-state index contributed by atoms with van der Waals surface area (Å²) in [4.78, 5) is 0. The summed E-state index contributed by atoms with van der Waals surface area (Å²) in [5.74, 6) is 7.84. The average molecular weight is 448 g/mol. The lowest BCUT2D eigenvalue weighted by Crippen LogP contribution is -2.12. The van der Waals surface area contributed by atoms with Crippen LogP contribution in [0.1, 0.15) is 11.4 Å². The van der Waals surface area contributed by atoms with Gasteiger partial charge in [0.2, 0.25) is 5.16 Å². The van der Waals surface area contributed by atoms with Crippen LogP contribution in [0.5, 0.6) is 5.75 Å². The maximum absolute atomic E-state index is 12.8. The first-order valence-electron chi connectivity index (χ1n) is 8.80. The predicted octanol–water partition coefficient (Wildman–Crippen LogP) is 2.95. The molecule has 0 radical (unpaired) electrons. The summed E-state index contributed by atoms with van der Waals surface area (Å²) in [5, 5.41) is 20.1. The van der Waals surface area contributed by atoms with Gasteiger partial charge in [0.15, 0.2) is 11.6 Å². The number of halogens is 3. The molecule has 0 spiro atoms. The summed E-state index contributed by atoms with van der Waals surface area (Å²) >= 11 is 1.23. The summed E-state index contributed by atoms with van der Waals surface area (Å²) < 4.78 is 46.3. The minimum absolute atomic E-state index is 0.259. The minimum atomic E-state index is -4.41. The van der Waals surface area contributed by atoms with Gasteiger partial charge in [0.25, 0.3) is 0 Å². The number of nitrogens with zero attached hydrogens (tertiary/aromatic N) is 7. The molecule has 0 unspecified atom stereocenters. The van der Waals surface area contributed by atoms with E-state index in [2.05, 4.69) is 25.7 Å². The van der Waals surface area contributed by atoms with Gasteiger partial charge in [-0.2, -0.15) is 17.9 Å². The van der Waals surface area contributed by atoms with Crippen molar-refractivity contribution in [1.82, 2.24) is 35.1 Å². The van der Waals surface area contributed by atoms with Crippen LogP contribution < -0.4 is 10.6 Å². The Balaban J connectivity index is 1.53. The van der Waals surface area contributed by atoms with E-state index in [1.165, 1.54) is 33.3 Å². The number of rotatable bonds is 6. The van der Waals surface area contributed by atoms with Crippen molar-refractivity contribution in [2.24, 2.45) is 0 Å². The first-order valence-corrected chi connectivity index (χ1v) is 9.78. The van der Waals surface area contributed by atoms with E-state index in [1.54, 1.807) is 13.2 Å². The van der Waals surface area contributed by atoms with Gasteiger partial charge in [-0.1, -0.05) is 23.9 Å². The number of aromatic nitrogens is 7. The lowest BCUT2D eigenvalue weighted by atomic mass is 10.2. The van der Waals surface area contributed by atoms with E-state index in [4.69, 9.17) is 10.6 Å². The molecule has 0 fully saturated rings. The summed E-state index contributed by atoms with van der Waals surface area (Å²) in [6, 6.07) is 11.8. The molecule has 0 aliphatic rings. The van der Waals surface area contributed by atoms with Crippen LogP contribution in [0.3, 0.4) is 0 Å². The minimum Gasteiger partial charge on any atom is -0.496 e. The Bertz CT molecular complexity index is 1190. The number of para-hydroxylation sites is 1.